The third-order valence-corrected chi connectivity index (χ3v) is 3.24. The van der Waals surface area contributed by atoms with Crippen molar-refractivity contribution < 1.29 is 18.3 Å². The van der Waals surface area contributed by atoms with Crippen molar-refractivity contribution in [3.05, 3.63) is 65.9 Å². The molecule has 2 nitrogen and oxygen atoms in total. The Balaban J connectivity index is 2.27. The first-order valence-corrected chi connectivity index (χ1v) is 7.01. The highest BCUT2D eigenvalue weighted by Crippen LogP contribution is 2.28. The van der Waals surface area contributed by atoms with Gasteiger partial charge in [-0.3, -0.25) is 0 Å². The zero-order chi connectivity index (χ0) is 15.9. The number of rotatable bonds is 6. The zero-order valence-corrected chi connectivity index (χ0v) is 12.6. The normalized spacial score (nSPS) is 11.1. The van der Waals surface area contributed by atoms with Gasteiger partial charge in [-0.25, -0.2) is 8.78 Å². The van der Waals surface area contributed by atoms with E-state index in [2.05, 4.69) is 0 Å². The van der Waals surface area contributed by atoms with Crippen LogP contribution in [0, 0.1) is 11.6 Å². The Hall–Kier alpha value is -2.20. The van der Waals surface area contributed by atoms with Crippen molar-refractivity contribution in [2.75, 3.05) is 13.7 Å². The third-order valence-electron chi connectivity index (χ3n) is 3.24. The zero-order valence-electron chi connectivity index (χ0n) is 12.6. The second-order valence-electron chi connectivity index (χ2n) is 4.75. The largest absolute Gasteiger partial charge is 0.465 e. The Morgan fingerprint density at radius 3 is 2.36 bits per heavy atom. The lowest BCUT2D eigenvalue weighted by atomic mass is 10.0. The molecule has 0 amide bonds. The van der Waals surface area contributed by atoms with Gasteiger partial charge in [0.15, 0.2) is 11.6 Å². The van der Waals surface area contributed by atoms with Crippen molar-refractivity contribution in [3.63, 3.8) is 0 Å². The Bertz CT molecular complexity index is 649. The van der Waals surface area contributed by atoms with Crippen molar-refractivity contribution in [1.29, 1.82) is 0 Å². The van der Waals surface area contributed by atoms with Gasteiger partial charge in [0.25, 0.3) is 0 Å². The van der Waals surface area contributed by atoms with E-state index < -0.39 is 11.6 Å². The molecule has 2 rings (SSSR count). The molecule has 0 radical (unpaired) electrons. The second kappa shape index (κ2) is 7.71. The van der Waals surface area contributed by atoms with Gasteiger partial charge in [0.05, 0.1) is 12.9 Å². The first-order valence-electron chi connectivity index (χ1n) is 7.01. The Kier molecular flexibility index (Phi) is 5.67. The van der Waals surface area contributed by atoms with Gasteiger partial charge in [0.2, 0.25) is 0 Å². The minimum Gasteiger partial charge on any atom is -0.465 e. The van der Waals surface area contributed by atoms with E-state index in [1.807, 2.05) is 6.92 Å². The van der Waals surface area contributed by atoms with Crippen LogP contribution in [0.3, 0.4) is 0 Å². The topological polar surface area (TPSA) is 18.5 Å². The molecule has 116 valence electrons. The smallest absolute Gasteiger partial charge is 0.166 e. The lowest BCUT2D eigenvalue weighted by molar-refractivity contribution is 0.201. The maximum absolute atomic E-state index is 14.2. The highest BCUT2D eigenvalue weighted by molar-refractivity contribution is 5.65. The third kappa shape index (κ3) is 3.71. The molecule has 2 aromatic rings. The molecule has 0 aliphatic heterocycles. The first kappa shape index (κ1) is 16.2. The lowest BCUT2D eigenvalue weighted by Gasteiger charge is -2.09. The number of hydrogen-bond acceptors (Lipinski definition) is 2. The predicted molar refractivity (Wildman–Crippen MR) is 82.8 cm³/mol. The summed E-state index contributed by atoms with van der Waals surface area (Å²) in [5.74, 6) is -1.01. The number of allylic oxidation sites excluding steroid dienone is 1. The summed E-state index contributed by atoms with van der Waals surface area (Å²) in [4.78, 5) is 0. The summed E-state index contributed by atoms with van der Waals surface area (Å²) in [6, 6.07) is 10.0. The van der Waals surface area contributed by atoms with Gasteiger partial charge in [-0.05, 0) is 36.6 Å². The summed E-state index contributed by atoms with van der Waals surface area (Å²) in [6.45, 7) is 2.20. The van der Waals surface area contributed by atoms with E-state index in [4.69, 9.17) is 9.47 Å². The fraction of sp³-hybridized carbons (Fsp3) is 0.222. The van der Waals surface area contributed by atoms with E-state index >= 15 is 0 Å². The highest BCUT2D eigenvalue weighted by Gasteiger charge is 2.14. The molecule has 0 aromatic heterocycles. The number of ether oxygens (including phenoxy) is 2. The van der Waals surface area contributed by atoms with E-state index in [1.54, 1.807) is 48.7 Å². The van der Waals surface area contributed by atoms with Crippen LogP contribution in [0.2, 0.25) is 0 Å². The quantitative estimate of drug-likeness (QED) is 0.718. The summed E-state index contributed by atoms with van der Waals surface area (Å²) < 4.78 is 38.5. The standard InChI is InChI=1S/C18H18F2O2/c1-3-11-22-15-7-4-13(5-8-15)16-9-6-14(10-12-21-2)17(19)18(16)20/h3-9,11H,10,12H2,1-2H3/b11-3+. The summed E-state index contributed by atoms with van der Waals surface area (Å²) in [5, 5.41) is 0. The van der Waals surface area contributed by atoms with Crippen molar-refractivity contribution in [2.24, 2.45) is 0 Å². The average Bonchev–Trinajstić information content (AvgIpc) is 2.55. The molecule has 0 saturated heterocycles. The van der Waals surface area contributed by atoms with Crippen molar-refractivity contribution in [2.45, 2.75) is 13.3 Å². The molecule has 0 spiro atoms. The van der Waals surface area contributed by atoms with E-state index in [1.165, 1.54) is 7.11 Å². The molecule has 22 heavy (non-hydrogen) atoms. The molecule has 0 aliphatic carbocycles. The summed E-state index contributed by atoms with van der Waals surface area (Å²) >= 11 is 0. The molecule has 0 fully saturated rings. The van der Waals surface area contributed by atoms with E-state index in [0.717, 1.165) is 0 Å². The van der Waals surface area contributed by atoms with E-state index in [9.17, 15) is 8.78 Å². The van der Waals surface area contributed by atoms with Crippen LogP contribution in [0.15, 0.2) is 48.7 Å². The average molecular weight is 304 g/mol. The van der Waals surface area contributed by atoms with Gasteiger partial charge in [-0.1, -0.05) is 30.3 Å². The molecule has 2 aromatic carbocycles. The van der Waals surface area contributed by atoms with Crippen molar-refractivity contribution in [1.82, 2.24) is 0 Å². The maximum Gasteiger partial charge on any atom is 0.166 e. The summed E-state index contributed by atoms with van der Waals surface area (Å²) in [6.07, 6.45) is 3.66. The predicted octanol–water partition coefficient (Wildman–Crippen LogP) is 4.73. The maximum atomic E-state index is 14.2. The van der Waals surface area contributed by atoms with E-state index in [0.29, 0.717) is 29.9 Å². The van der Waals surface area contributed by atoms with Crippen LogP contribution in [0.5, 0.6) is 5.75 Å². The number of hydrogen-bond donors (Lipinski definition) is 0. The molecule has 0 unspecified atom stereocenters. The Morgan fingerprint density at radius 1 is 1.00 bits per heavy atom. The van der Waals surface area contributed by atoms with Gasteiger partial charge in [-0.2, -0.15) is 0 Å². The Labute approximate surface area is 129 Å². The van der Waals surface area contributed by atoms with Crippen molar-refractivity contribution >= 4 is 0 Å². The second-order valence-corrected chi connectivity index (χ2v) is 4.75. The number of benzene rings is 2. The molecule has 0 N–H and O–H groups in total. The fourth-order valence-electron chi connectivity index (χ4n) is 2.08. The summed E-state index contributed by atoms with van der Waals surface area (Å²) in [7, 11) is 1.53. The number of halogens is 2. The molecule has 0 heterocycles. The van der Waals surface area contributed by atoms with Crippen LogP contribution in [0.25, 0.3) is 11.1 Å². The monoisotopic (exact) mass is 304 g/mol. The molecule has 0 aliphatic rings. The van der Waals surface area contributed by atoms with Gasteiger partial charge in [0, 0.05) is 12.7 Å². The summed E-state index contributed by atoms with van der Waals surface area (Å²) in [5.41, 5.74) is 1.15. The molecule has 4 heteroatoms. The fourth-order valence-corrected chi connectivity index (χ4v) is 2.08. The van der Waals surface area contributed by atoms with Crippen LogP contribution in [-0.4, -0.2) is 13.7 Å². The minimum absolute atomic E-state index is 0.233. The minimum atomic E-state index is -0.837. The lowest BCUT2D eigenvalue weighted by Crippen LogP contribution is -2.01. The van der Waals surface area contributed by atoms with Crippen molar-refractivity contribution in [3.8, 4) is 16.9 Å². The van der Waals surface area contributed by atoms with Crippen LogP contribution in [0.4, 0.5) is 8.78 Å². The molecular weight excluding hydrogens is 286 g/mol. The molecule has 0 saturated carbocycles. The first-order chi connectivity index (χ1) is 10.7. The van der Waals surface area contributed by atoms with Gasteiger partial charge < -0.3 is 9.47 Å². The number of methoxy groups -OCH3 is 1. The van der Waals surface area contributed by atoms with E-state index in [-0.39, 0.29) is 5.56 Å². The SMILES string of the molecule is C/C=C/Oc1ccc(-c2ccc(CCOC)c(F)c2F)cc1. The molecule has 0 atom stereocenters. The van der Waals surface area contributed by atoms with Gasteiger partial charge >= 0.3 is 0 Å². The molecular formula is C18H18F2O2. The van der Waals surface area contributed by atoms with Crippen LogP contribution >= 0.6 is 0 Å². The van der Waals surface area contributed by atoms with Crippen LogP contribution in [0.1, 0.15) is 12.5 Å². The Morgan fingerprint density at radius 2 is 1.73 bits per heavy atom. The van der Waals surface area contributed by atoms with Gasteiger partial charge in [-0.15, -0.1) is 0 Å². The van der Waals surface area contributed by atoms with Crippen LogP contribution in [-0.2, 0) is 11.2 Å². The highest BCUT2D eigenvalue weighted by atomic mass is 19.2. The van der Waals surface area contributed by atoms with Gasteiger partial charge in [0.1, 0.15) is 5.75 Å². The van der Waals surface area contributed by atoms with Crippen LogP contribution < -0.4 is 4.74 Å². The molecule has 0 bridgehead atoms.